The predicted molar refractivity (Wildman–Crippen MR) is 113 cm³/mol. The largest absolute Gasteiger partial charge is 0.451 e. The summed E-state index contributed by atoms with van der Waals surface area (Å²) < 4.78 is 68.0. The zero-order chi connectivity index (χ0) is 25.1. The molecule has 34 heavy (non-hydrogen) atoms. The molecule has 1 aliphatic heterocycles. The fourth-order valence-electron chi connectivity index (χ4n) is 3.51. The molecule has 1 fully saturated rings. The van der Waals surface area contributed by atoms with Crippen LogP contribution in [0.4, 0.5) is 19.1 Å². The number of nitrogens with two attached hydrogens (primary N) is 1. The highest BCUT2D eigenvalue weighted by Crippen LogP contribution is 2.30. The molecule has 0 bridgehead atoms. The van der Waals surface area contributed by atoms with Crippen LogP contribution in [0.1, 0.15) is 18.3 Å². The average molecular weight is 499 g/mol. The Hall–Kier alpha value is -3.30. The molecule has 1 aliphatic rings. The summed E-state index contributed by atoms with van der Waals surface area (Å²) in [5.41, 5.74) is 5.32. The number of fused-ring (bicyclic) bond motifs is 1. The van der Waals surface area contributed by atoms with Gasteiger partial charge < -0.3 is 15.7 Å². The SMILES string of the molecule is CC(=O)N1CC(O)(CNS(=O)(=O)c2ccc(C)c(-c3cn4c(N)nc(C(F)(F)F)nc4n3)c2)C1. The molecule has 1 saturated heterocycles. The summed E-state index contributed by atoms with van der Waals surface area (Å²) in [7, 11) is -4.07. The molecule has 182 valence electrons. The number of hydrogen-bond acceptors (Lipinski definition) is 8. The first-order valence-electron chi connectivity index (χ1n) is 9.87. The number of halogens is 3. The lowest BCUT2D eigenvalue weighted by Gasteiger charge is -2.45. The zero-order valence-electron chi connectivity index (χ0n) is 18.0. The van der Waals surface area contributed by atoms with Crippen LogP contribution >= 0.6 is 0 Å². The van der Waals surface area contributed by atoms with Gasteiger partial charge in [-0.15, -0.1) is 0 Å². The van der Waals surface area contributed by atoms with E-state index in [0.29, 0.717) is 11.1 Å². The van der Waals surface area contributed by atoms with E-state index >= 15 is 0 Å². The fraction of sp³-hybridized carbons (Fsp3) is 0.368. The van der Waals surface area contributed by atoms with Crippen LogP contribution in [0.2, 0.25) is 0 Å². The monoisotopic (exact) mass is 499 g/mol. The number of anilines is 1. The van der Waals surface area contributed by atoms with Crippen molar-refractivity contribution in [1.29, 1.82) is 0 Å². The van der Waals surface area contributed by atoms with Crippen LogP contribution in [0.15, 0.2) is 29.3 Å². The van der Waals surface area contributed by atoms with Gasteiger partial charge in [-0.05, 0) is 24.6 Å². The van der Waals surface area contributed by atoms with E-state index in [1.807, 2.05) is 0 Å². The highest BCUT2D eigenvalue weighted by Gasteiger charge is 2.43. The van der Waals surface area contributed by atoms with Gasteiger partial charge in [-0.25, -0.2) is 18.1 Å². The smallest absolute Gasteiger partial charge is 0.385 e. The molecule has 11 nitrogen and oxygen atoms in total. The number of aryl methyl sites for hydroxylation is 1. The van der Waals surface area contributed by atoms with Gasteiger partial charge in [0.25, 0.3) is 0 Å². The average Bonchev–Trinajstić information content (AvgIpc) is 3.14. The number of β-amino-alcohol motifs (C(OH)–C–C–N with tert-alkyl or cyclic N) is 1. The maximum absolute atomic E-state index is 13.0. The van der Waals surface area contributed by atoms with Crippen molar-refractivity contribution in [3.8, 4) is 11.3 Å². The van der Waals surface area contributed by atoms with Crippen molar-refractivity contribution in [2.75, 3.05) is 25.4 Å². The topological polar surface area (TPSA) is 156 Å². The molecule has 0 radical (unpaired) electrons. The van der Waals surface area contributed by atoms with Gasteiger partial charge in [0.1, 0.15) is 5.60 Å². The molecule has 15 heteroatoms. The van der Waals surface area contributed by atoms with Gasteiger partial charge >= 0.3 is 6.18 Å². The minimum atomic E-state index is -4.82. The number of carbonyl (C=O) groups is 1. The third kappa shape index (κ3) is 4.41. The Morgan fingerprint density at radius 3 is 2.56 bits per heavy atom. The minimum absolute atomic E-state index is 0.00756. The number of aromatic nitrogens is 4. The molecular weight excluding hydrogens is 479 g/mol. The highest BCUT2D eigenvalue weighted by molar-refractivity contribution is 7.89. The number of imidazole rings is 1. The maximum atomic E-state index is 13.0. The number of hydrogen-bond donors (Lipinski definition) is 3. The van der Waals surface area contributed by atoms with Crippen LogP contribution in [0, 0.1) is 6.92 Å². The van der Waals surface area contributed by atoms with Crippen LogP contribution in [0.3, 0.4) is 0 Å². The van der Waals surface area contributed by atoms with Crippen LogP contribution in [0.25, 0.3) is 17.0 Å². The van der Waals surface area contributed by atoms with Crippen LogP contribution in [-0.2, 0) is 21.0 Å². The van der Waals surface area contributed by atoms with E-state index in [4.69, 9.17) is 5.73 Å². The number of nitrogens with zero attached hydrogens (tertiary/aromatic N) is 5. The van der Waals surface area contributed by atoms with E-state index < -0.39 is 33.6 Å². The number of amides is 1. The van der Waals surface area contributed by atoms with Crippen molar-refractivity contribution < 1.29 is 31.5 Å². The summed E-state index contributed by atoms with van der Waals surface area (Å²) in [6.07, 6.45) is -3.51. The quantitative estimate of drug-likeness (QED) is 0.460. The van der Waals surface area contributed by atoms with Crippen molar-refractivity contribution in [2.45, 2.75) is 30.5 Å². The Labute approximate surface area is 191 Å². The normalized spacial score (nSPS) is 16.0. The van der Waals surface area contributed by atoms with Gasteiger partial charge in [0.15, 0.2) is 0 Å². The number of alkyl halides is 3. The molecule has 3 heterocycles. The molecule has 0 aliphatic carbocycles. The number of rotatable bonds is 5. The van der Waals surface area contributed by atoms with Gasteiger partial charge in [0.2, 0.25) is 33.5 Å². The summed E-state index contributed by atoms with van der Waals surface area (Å²) in [6.45, 7) is 2.73. The van der Waals surface area contributed by atoms with Gasteiger partial charge in [0.05, 0.1) is 23.7 Å². The second-order valence-electron chi connectivity index (χ2n) is 8.10. The fourth-order valence-corrected chi connectivity index (χ4v) is 4.66. The van der Waals surface area contributed by atoms with Crippen molar-refractivity contribution in [2.24, 2.45) is 0 Å². The van der Waals surface area contributed by atoms with Crippen LogP contribution in [-0.4, -0.2) is 68.9 Å². The lowest BCUT2D eigenvalue weighted by Crippen LogP contribution is -2.67. The Morgan fingerprint density at radius 1 is 1.26 bits per heavy atom. The van der Waals surface area contributed by atoms with E-state index in [1.54, 1.807) is 6.92 Å². The van der Waals surface area contributed by atoms with E-state index in [0.717, 1.165) is 4.40 Å². The molecule has 4 N–H and O–H groups in total. The van der Waals surface area contributed by atoms with E-state index in [2.05, 4.69) is 19.7 Å². The molecule has 0 saturated carbocycles. The third-order valence-corrected chi connectivity index (χ3v) is 6.82. The number of nitrogens with one attached hydrogen (secondary N) is 1. The Balaban J connectivity index is 1.63. The van der Waals surface area contributed by atoms with Gasteiger partial charge in [-0.3, -0.25) is 9.20 Å². The number of aliphatic hydroxyl groups is 1. The van der Waals surface area contributed by atoms with E-state index in [1.165, 1.54) is 36.2 Å². The Bertz CT molecular complexity index is 1400. The van der Waals surface area contributed by atoms with E-state index in [-0.39, 0.29) is 41.9 Å². The van der Waals surface area contributed by atoms with Gasteiger partial charge in [-0.2, -0.15) is 23.1 Å². The first-order chi connectivity index (χ1) is 15.7. The molecule has 0 atom stereocenters. The minimum Gasteiger partial charge on any atom is -0.385 e. The van der Waals surface area contributed by atoms with Crippen molar-refractivity contribution in [3.63, 3.8) is 0 Å². The molecular formula is C19H20F3N7O4S. The lowest BCUT2D eigenvalue weighted by molar-refractivity contribution is -0.151. The van der Waals surface area contributed by atoms with Crippen molar-refractivity contribution in [3.05, 3.63) is 35.8 Å². The standard InChI is InChI=1S/C19H20F3N7O4S/c1-10-3-4-12(34(32,33)24-7-18(31)8-28(9-18)11(2)30)5-13(10)14-6-29-16(23)26-15(19(20,21)22)27-17(29)25-14/h3-6,24,31H,7-9H2,1-2H3,(H2,23,25,26,27). The second-order valence-corrected chi connectivity index (χ2v) is 9.87. The molecule has 1 aromatic carbocycles. The maximum Gasteiger partial charge on any atom is 0.451 e. The highest BCUT2D eigenvalue weighted by atomic mass is 32.2. The second kappa shape index (κ2) is 7.89. The third-order valence-electron chi connectivity index (χ3n) is 5.42. The predicted octanol–water partition coefficient (Wildman–Crippen LogP) is 0.572. The summed E-state index contributed by atoms with van der Waals surface area (Å²) in [5.74, 6) is -2.49. The lowest BCUT2D eigenvalue weighted by atomic mass is 9.94. The van der Waals surface area contributed by atoms with Crippen molar-refractivity contribution in [1.82, 2.24) is 29.0 Å². The summed E-state index contributed by atoms with van der Waals surface area (Å²) >= 11 is 0. The first-order valence-corrected chi connectivity index (χ1v) is 11.4. The molecule has 0 spiro atoms. The molecule has 2 aromatic heterocycles. The molecule has 3 aromatic rings. The van der Waals surface area contributed by atoms with Crippen LogP contribution < -0.4 is 10.5 Å². The zero-order valence-corrected chi connectivity index (χ0v) is 18.8. The molecule has 0 unspecified atom stereocenters. The Kier molecular flexibility index (Phi) is 5.53. The van der Waals surface area contributed by atoms with Crippen LogP contribution in [0.5, 0.6) is 0 Å². The summed E-state index contributed by atoms with van der Waals surface area (Å²) in [4.78, 5) is 23.2. The van der Waals surface area contributed by atoms with E-state index in [9.17, 15) is 31.5 Å². The number of nitrogen functional groups attached to an aromatic ring is 1. The molecule has 4 rings (SSSR count). The summed E-state index contributed by atoms with van der Waals surface area (Å²) in [6, 6.07) is 4.17. The number of likely N-dealkylation sites (tertiary alicyclic amines) is 1. The Morgan fingerprint density at radius 2 is 1.94 bits per heavy atom. The number of sulfonamides is 1. The first kappa shape index (κ1) is 23.8. The number of benzene rings is 1. The number of carbonyl (C=O) groups excluding carboxylic acids is 1. The van der Waals surface area contributed by atoms with Gasteiger partial charge in [0, 0.05) is 25.2 Å². The van der Waals surface area contributed by atoms with Crippen molar-refractivity contribution >= 4 is 27.7 Å². The summed E-state index contributed by atoms with van der Waals surface area (Å²) in [5, 5.41) is 10.4. The van der Waals surface area contributed by atoms with Gasteiger partial charge in [-0.1, -0.05) is 6.07 Å². The molecule has 1 amide bonds.